The molecule has 1 nitrogen and oxygen atoms in total. The predicted octanol–water partition coefficient (Wildman–Crippen LogP) is 3.80. The molecule has 0 aliphatic carbocycles. The molecule has 2 rings (SSSR count). The van der Waals surface area contributed by atoms with Gasteiger partial charge in [0.1, 0.15) is 5.82 Å². The summed E-state index contributed by atoms with van der Waals surface area (Å²) >= 11 is 5.83. The van der Waals surface area contributed by atoms with Crippen LogP contribution in [0.4, 0.5) is 4.39 Å². The molecular formula is C15H14ClFO. The first-order valence-electron chi connectivity index (χ1n) is 5.80. The zero-order valence-corrected chi connectivity index (χ0v) is 10.6. The first kappa shape index (κ1) is 13.1. The molecule has 3 heteroatoms. The van der Waals surface area contributed by atoms with Gasteiger partial charge in [-0.05, 0) is 41.8 Å². The second-order valence-corrected chi connectivity index (χ2v) is 4.70. The molecule has 0 amide bonds. The molecule has 1 atom stereocenters. The number of rotatable bonds is 4. The van der Waals surface area contributed by atoms with Crippen molar-refractivity contribution in [3.05, 3.63) is 70.5 Å². The summed E-state index contributed by atoms with van der Waals surface area (Å²) in [5, 5.41) is 10.1. The average molecular weight is 265 g/mol. The summed E-state index contributed by atoms with van der Waals surface area (Å²) in [7, 11) is 0. The number of hydrogen-bond donors (Lipinski definition) is 1. The number of aliphatic hydroxyl groups is 1. The fourth-order valence-electron chi connectivity index (χ4n) is 1.97. The third kappa shape index (κ3) is 3.31. The minimum absolute atomic E-state index is 0.0259. The van der Waals surface area contributed by atoms with E-state index in [9.17, 15) is 9.50 Å². The molecule has 0 spiro atoms. The van der Waals surface area contributed by atoms with Crippen LogP contribution >= 0.6 is 11.6 Å². The van der Waals surface area contributed by atoms with E-state index in [-0.39, 0.29) is 18.3 Å². The highest BCUT2D eigenvalue weighted by Crippen LogP contribution is 2.22. The fourth-order valence-corrected chi connectivity index (χ4v) is 2.10. The highest BCUT2D eigenvalue weighted by molar-refractivity contribution is 6.30. The van der Waals surface area contributed by atoms with E-state index in [1.54, 1.807) is 18.2 Å². The van der Waals surface area contributed by atoms with E-state index < -0.39 is 0 Å². The van der Waals surface area contributed by atoms with Crippen molar-refractivity contribution >= 4 is 11.6 Å². The molecule has 94 valence electrons. The van der Waals surface area contributed by atoms with Gasteiger partial charge in [0.05, 0.1) is 6.61 Å². The first-order valence-corrected chi connectivity index (χ1v) is 6.17. The zero-order chi connectivity index (χ0) is 13.0. The zero-order valence-electron chi connectivity index (χ0n) is 9.81. The maximum absolute atomic E-state index is 13.1. The molecule has 0 aliphatic heterocycles. The summed E-state index contributed by atoms with van der Waals surface area (Å²) < 4.78 is 13.1. The standard InChI is InChI=1S/C15H14ClFO/c16-14-6-4-12(5-7-14)13(10-18)8-11-2-1-3-15(17)9-11/h1-7,9,13,18H,8,10H2. The lowest BCUT2D eigenvalue weighted by Gasteiger charge is -2.14. The van der Waals surface area contributed by atoms with Crippen molar-refractivity contribution in [2.24, 2.45) is 0 Å². The lowest BCUT2D eigenvalue weighted by atomic mass is 9.93. The van der Waals surface area contributed by atoms with Gasteiger partial charge in [-0.2, -0.15) is 0 Å². The van der Waals surface area contributed by atoms with Gasteiger partial charge in [0, 0.05) is 10.9 Å². The second-order valence-electron chi connectivity index (χ2n) is 4.27. The highest BCUT2D eigenvalue weighted by Gasteiger charge is 2.11. The number of halogens is 2. The number of benzene rings is 2. The van der Waals surface area contributed by atoms with E-state index in [0.717, 1.165) is 11.1 Å². The molecule has 0 bridgehead atoms. The maximum atomic E-state index is 13.1. The average Bonchev–Trinajstić information content (AvgIpc) is 2.37. The van der Waals surface area contributed by atoms with Crippen LogP contribution in [0.25, 0.3) is 0 Å². The van der Waals surface area contributed by atoms with Crippen molar-refractivity contribution in [2.75, 3.05) is 6.61 Å². The van der Waals surface area contributed by atoms with Gasteiger partial charge in [0.15, 0.2) is 0 Å². The molecule has 0 saturated carbocycles. The smallest absolute Gasteiger partial charge is 0.123 e. The minimum Gasteiger partial charge on any atom is -0.396 e. The normalized spacial score (nSPS) is 12.4. The summed E-state index contributed by atoms with van der Waals surface area (Å²) in [6, 6.07) is 13.8. The van der Waals surface area contributed by atoms with Crippen LogP contribution in [-0.2, 0) is 6.42 Å². The Morgan fingerprint density at radius 3 is 2.44 bits per heavy atom. The van der Waals surface area contributed by atoms with Crippen molar-refractivity contribution < 1.29 is 9.50 Å². The molecule has 0 aliphatic rings. The van der Waals surface area contributed by atoms with E-state index in [2.05, 4.69) is 0 Å². The number of hydrogen-bond acceptors (Lipinski definition) is 1. The van der Waals surface area contributed by atoms with Crippen LogP contribution < -0.4 is 0 Å². The van der Waals surface area contributed by atoms with Crippen LogP contribution in [0.3, 0.4) is 0 Å². The molecular weight excluding hydrogens is 251 g/mol. The van der Waals surface area contributed by atoms with Gasteiger partial charge in [-0.15, -0.1) is 0 Å². The monoisotopic (exact) mass is 264 g/mol. The largest absolute Gasteiger partial charge is 0.396 e. The molecule has 0 saturated heterocycles. The fraction of sp³-hybridized carbons (Fsp3) is 0.200. The van der Waals surface area contributed by atoms with Crippen LogP contribution in [0.5, 0.6) is 0 Å². The molecule has 1 N–H and O–H groups in total. The molecule has 2 aromatic carbocycles. The van der Waals surface area contributed by atoms with Gasteiger partial charge in [-0.1, -0.05) is 35.9 Å². The quantitative estimate of drug-likeness (QED) is 0.891. The van der Waals surface area contributed by atoms with Crippen LogP contribution in [0.15, 0.2) is 48.5 Å². The van der Waals surface area contributed by atoms with Crippen molar-refractivity contribution in [2.45, 2.75) is 12.3 Å². The first-order chi connectivity index (χ1) is 8.69. The van der Waals surface area contributed by atoms with Gasteiger partial charge in [0.25, 0.3) is 0 Å². The predicted molar refractivity (Wildman–Crippen MR) is 71.4 cm³/mol. The molecule has 2 aromatic rings. The number of aliphatic hydroxyl groups excluding tert-OH is 1. The topological polar surface area (TPSA) is 20.2 Å². The Balaban J connectivity index is 2.17. The summed E-state index contributed by atoms with van der Waals surface area (Å²) in [6.07, 6.45) is 0.607. The molecule has 0 heterocycles. The van der Waals surface area contributed by atoms with Gasteiger partial charge in [0.2, 0.25) is 0 Å². The summed E-state index contributed by atoms with van der Waals surface area (Å²) in [5.74, 6) is -0.288. The third-order valence-corrected chi connectivity index (χ3v) is 3.18. The lowest BCUT2D eigenvalue weighted by molar-refractivity contribution is 0.264. The molecule has 1 unspecified atom stereocenters. The SMILES string of the molecule is OCC(Cc1cccc(F)c1)c1ccc(Cl)cc1. The van der Waals surface area contributed by atoms with Crippen molar-refractivity contribution in [1.29, 1.82) is 0 Å². The highest BCUT2D eigenvalue weighted by atomic mass is 35.5. The Morgan fingerprint density at radius 1 is 1.11 bits per heavy atom. The van der Waals surface area contributed by atoms with Crippen LogP contribution in [0, 0.1) is 5.82 Å². The Kier molecular flexibility index (Phi) is 4.34. The Hall–Kier alpha value is -1.38. The molecule has 0 radical (unpaired) electrons. The van der Waals surface area contributed by atoms with Crippen LogP contribution in [0.1, 0.15) is 17.0 Å². The summed E-state index contributed by atoms with van der Waals surface area (Å²) in [5.41, 5.74) is 1.88. The molecule has 0 aromatic heterocycles. The van der Waals surface area contributed by atoms with E-state index in [1.165, 1.54) is 12.1 Å². The van der Waals surface area contributed by atoms with Gasteiger partial charge >= 0.3 is 0 Å². The lowest BCUT2D eigenvalue weighted by Crippen LogP contribution is -2.07. The van der Waals surface area contributed by atoms with Gasteiger partial charge in [-0.3, -0.25) is 0 Å². The van der Waals surface area contributed by atoms with E-state index in [1.807, 2.05) is 18.2 Å². The Labute approximate surface area is 111 Å². The second kappa shape index (κ2) is 5.98. The third-order valence-electron chi connectivity index (χ3n) is 2.93. The van der Waals surface area contributed by atoms with E-state index >= 15 is 0 Å². The minimum atomic E-state index is -0.250. The van der Waals surface area contributed by atoms with Crippen LogP contribution in [0.2, 0.25) is 5.02 Å². The van der Waals surface area contributed by atoms with E-state index in [0.29, 0.717) is 11.4 Å². The molecule has 18 heavy (non-hydrogen) atoms. The van der Waals surface area contributed by atoms with Crippen molar-refractivity contribution in [3.8, 4) is 0 Å². The summed E-state index contributed by atoms with van der Waals surface area (Å²) in [6.45, 7) is 0.0259. The van der Waals surface area contributed by atoms with Crippen molar-refractivity contribution in [3.63, 3.8) is 0 Å². The van der Waals surface area contributed by atoms with E-state index in [4.69, 9.17) is 11.6 Å². The maximum Gasteiger partial charge on any atom is 0.123 e. The molecule has 0 fully saturated rings. The van der Waals surface area contributed by atoms with Gasteiger partial charge in [-0.25, -0.2) is 4.39 Å². The Bertz CT molecular complexity index is 510. The van der Waals surface area contributed by atoms with Crippen LogP contribution in [-0.4, -0.2) is 11.7 Å². The summed E-state index contributed by atoms with van der Waals surface area (Å²) in [4.78, 5) is 0. The van der Waals surface area contributed by atoms with Gasteiger partial charge < -0.3 is 5.11 Å². The van der Waals surface area contributed by atoms with Crippen molar-refractivity contribution in [1.82, 2.24) is 0 Å². The Morgan fingerprint density at radius 2 is 1.83 bits per heavy atom.